The summed E-state index contributed by atoms with van der Waals surface area (Å²) in [6, 6.07) is 12.7. The number of fused-ring (bicyclic) bond motifs is 1. The number of H-pyrrole nitrogens is 1. The van der Waals surface area contributed by atoms with Gasteiger partial charge in [-0.25, -0.2) is 4.98 Å². The predicted molar refractivity (Wildman–Crippen MR) is 171 cm³/mol. The van der Waals surface area contributed by atoms with E-state index in [4.69, 9.17) is 9.72 Å². The van der Waals surface area contributed by atoms with Crippen molar-refractivity contribution in [3.8, 4) is 11.1 Å². The quantitative estimate of drug-likeness (QED) is 0.313. The Morgan fingerprint density at radius 3 is 2.58 bits per heavy atom. The molecule has 2 fully saturated rings. The number of aromatic nitrogens is 3. The zero-order valence-corrected chi connectivity index (χ0v) is 25.5. The van der Waals surface area contributed by atoms with Crippen molar-refractivity contribution in [3.05, 3.63) is 81.5 Å². The Bertz CT molecular complexity index is 1640. The van der Waals surface area contributed by atoms with E-state index >= 15 is 0 Å². The van der Waals surface area contributed by atoms with Crippen molar-refractivity contribution in [1.82, 2.24) is 24.8 Å². The molecule has 0 saturated carbocycles. The molecule has 0 atom stereocenters. The predicted octanol–water partition coefficient (Wildman–Crippen LogP) is 4.69. The fourth-order valence-electron chi connectivity index (χ4n) is 6.41. The summed E-state index contributed by atoms with van der Waals surface area (Å²) < 4.78 is 7.93. The number of nitrogens with zero attached hydrogens (tertiary/aromatic N) is 4. The fraction of sp³-hybridized carbons (Fsp3) is 0.441. The number of aryl methyl sites for hydroxylation is 2. The minimum atomic E-state index is -0.194. The maximum absolute atomic E-state index is 13.9. The second kappa shape index (κ2) is 12.7. The lowest BCUT2D eigenvalue weighted by molar-refractivity contribution is 0.0707. The molecule has 2 N–H and O–H groups in total. The van der Waals surface area contributed by atoms with Gasteiger partial charge in [0.15, 0.2) is 0 Å². The van der Waals surface area contributed by atoms with E-state index in [9.17, 15) is 9.59 Å². The van der Waals surface area contributed by atoms with Gasteiger partial charge >= 0.3 is 0 Å². The molecule has 4 aromatic rings. The largest absolute Gasteiger partial charge is 0.381 e. The molecule has 2 aliphatic rings. The Morgan fingerprint density at radius 1 is 1.07 bits per heavy atom. The number of carbonyl (C=O) groups is 1. The summed E-state index contributed by atoms with van der Waals surface area (Å²) in [6.45, 7) is 9.60. The van der Waals surface area contributed by atoms with Gasteiger partial charge in [-0.3, -0.25) is 9.59 Å². The van der Waals surface area contributed by atoms with Gasteiger partial charge in [0, 0.05) is 97.7 Å². The molecule has 226 valence electrons. The number of pyridine rings is 2. The minimum Gasteiger partial charge on any atom is -0.381 e. The molecule has 1 amide bonds. The van der Waals surface area contributed by atoms with E-state index in [1.54, 1.807) is 0 Å². The first kappa shape index (κ1) is 29.1. The summed E-state index contributed by atoms with van der Waals surface area (Å²) >= 11 is 0. The standard InChI is InChI=1S/C34H42N6O3/c1-4-5-24-18-23(2)37-34(42)30(24)22-36-33(41)29-19-26(20-31-28(29)8-11-40(31)27-9-16-43-17-10-27)25-6-7-32(35-21-25)39-14-12-38(3)13-15-39/h6-8,11,18-21,27H,4-5,9-10,12-17,22H2,1-3H3,(H,36,41)(H,37,42). The number of likely N-dealkylation sites (N-methyl/N-ethyl adjacent to an activating group) is 1. The highest BCUT2D eigenvalue weighted by molar-refractivity contribution is 6.08. The maximum Gasteiger partial charge on any atom is 0.253 e. The van der Waals surface area contributed by atoms with Crippen molar-refractivity contribution in [2.45, 2.75) is 52.1 Å². The van der Waals surface area contributed by atoms with Crippen LogP contribution < -0.4 is 15.8 Å². The maximum atomic E-state index is 13.9. The van der Waals surface area contributed by atoms with E-state index in [-0.39, 0.29) is 18.0 Å². The van der Waals surface area contributed by atoms with Crippen molar-refractivity contribution in [2.75, 3.05) is 51.3 Å². The summed E-state index contributed by atoms with van der Waals surface area (Å²) in [4.78, 5) is 39.1. The summed E-state index contributed by atoms with van der Waals surface area (Å²) in [7, 11) is 2.15. The van der Waals surface area contributed by atoms with E-state index in [0.717, 1.165) is 104 Å². The highest BCUT2D eigenvalue weighted by Gasteiger charge is 2.22. The number of carbonyl (C=O) groups excluding carboxylic acids is 1. The van der Waals surface area contributed by atoms with Crippen LogP contribution >= 0.6 is 0 Å². The average Bonchev–Trinajstić information content (AvgIpc) is 3.45. The van der Waals surface area contributed by atoms with Crippen molar-refractivity contribution < 1.29 is 9.53 Å². The van der Waals surface area contributed by atoms with Crippen LogP contribution in [0.25, 0.3) is 22.0 Å². The molecule has 0 radical (unpaired) electrons. The number of benzene rings is 1. The molecule has 43 heavy (non-hydrogen) atoms. The molecule has 3 aromatic heterocycles. The van der Waals surface area contributed by atoms with Crippen molar-refractivity contribution in [2.24, 2.45) is 0 Å². The Kier molecular flexibility index (Phi) is 8.63. The van der Waals surface area contributed by atoms with Gasteiger partial charge in [0.25, 0.3) is 11.5 Å². The molecule has 0 aliphatic carbocycles. The number of aromatic amines is 1. The van der Waals surface area contributed by atoms with E-state index < -0.39 is 0 Å². The Labute approximate surface area is 252 Å². The molecule has 9 nitrogen and oxygen atoms in total. The van der Waals surface area contributed by atoms with Gasteiger partial charge in [-0.2, -0.15) is 0 Å². The smallest absolute Gasteiger partial charge is 0.253 e. The van der Waals surface area contributed by atoms with Crippen LogP contribution in [0.2, 0.25) is 0 Å². The van der Waals surface area contributed by atoms with Crippen molar-refractivity contribution >= 4 is 22.6 Å². The van der Waals surface area contributed by atoms with Gasteiger partial charge < -0.3 is 29.4 Å². The van der Waals surface area contributed by atoms with E-state index in [1.807, 2.05) is 31.3 Å². The summed E-state index contributed by atoms with van der Waals surface area (Å²) in [5.74, 6) is 0.786. The van der Waals surface area contributed by atoms with Crippen LogP contribution in [0.1, 0.15) is 59.4 Å². The highest BCUT2D eigenvalue weighted by atomic mass is 16.5. The average molecular weight is 583 g/mol. The zero-order chi connectivity index (χ0) is 29.9. The van der Waals surface area contributed by atoms with Crippen LogP contribution in [0.15, 0.2) is 53.6 Å². The Balaban J connectivity index is 1.34. The molecule has 5 heterocycles. The molecular weight excluding hydrogens is 540 g/mol. The van der Waals surface area contributed by atoms with Crippen LogP contribution in [0.3, 0.4) is 0 Å². The van der Waals surface area contributed by atoms with Gasteiger partial charge in [-0.1, -0.05) is 13.3 Å². The van der Waals surface area contributed by atoms with Gasteiger partial charge in [0.2, 0.25) is 0 Å². The van der Waals surface area contributed by atoms with Gasteiger partial charge in [0.05, 0.1) is 0 Å². The van der Waals surface area contributed by atoms with Crippen molar-refractivity contribution in [1.29, 1.82) is 0 Å². The number of piperazine rings is 1. The number of rotatable bonds is 8. The molecule has 2 aliphatic heterocycles. The number of amides is 1. The Morgan fingerprint density at radius 2 is 1.86 bits per heavy atom. The van der Waals surface area contributed by atoms with Gasteiger partial charge in [-0.05, 0) is 80.8 Å². The van der Waals surface area contributed by atoms with Crippen LogP contribution in [0.5, 0.6) is 0 Å². The first-order valence-electron chi connectivity index (χ1n) is 15.5. The molecule has 6 rings (SSSR count). The number of nitrogens with one attached hydrogen (secondary N) is 2. The van der Waals surface area contributed by atoms with Gasteiger partial charge in [-0.15, -0.1) is 0 Å². The molecular formula is C34H42N6O3. The second-order valence-corrected chi connectivity index (χ2v) is 11.9. The van der Waals surface area contributed by atoms with E-state index in [0.29, 0.717) is 17.2 Å². The highest BCUT2D eigenvalue weighted by Crippen LogP contribution is 2.33. The normalized spacial score (nSPS) is 16.6. The van der Waals surface area contributed by atoms with Crippen LogP contribution in [0.4, 0.5) is 5.82 Å². The third-order valence-corrected chi connectivity index (χ3v) is 8.88. The third-order valence-electron chi connectivity index (χ3n) is 8.88. The van der Waals surface area contributed by atoms with Crippen LogP contribution in [-0.4, -0.2) is 71.8 Å². The number of anilines is 1. The lowest BCUT2D eigenvalue weighted by Gasteiger charge is -2.33. The topological polar surface area (TPSA) is 95.5 Å². The lowest BCUT2D eigenvalue weighted by Crippen LogP contribution is -2.44. The van der Waals surface area contributed by atoms with E-state index in [2.05, 4.69) is 63.0 Å². The SMILES string of the molecule is CCCc1cc(C)[nH]c(=O)c1CNC(=O)c1cc(-c2ccc(N3CCN(C)CC3)nc2)cc2c1ccn2C1CCOCC1. The molecule has 1 aromatic carbocycles. The first-order chi connectivity index (χ1) is 20.9. The van der Waals surface area contributed by atoms with Crippen LogP contribution in [-0.2, 0) is 17.7 Å². The Hall–Kier alpha value is -3.95. The third kappa shape index (κ3) is 6.24. The molecule has 0 unspecified atom stereocenters. The second-order valence-electron chi connectivity index (χ2n) is 11.9. The van der Waals surface area contributed by atoms with Crippen LogP contribution in [0, 0.1) is 6.92 Å². The minimum absolute atomic E-state index is 0.139. The number of hydrogen-bond donors (Lipinski definition) is 2. The van der Waals surface area contributed by atoms with Gasteiger partial charge in [0.1, 0.15) is 5.82 Å². The molecule has 0 bridgehead atoms. The first-order valence-corrected chi connectivity index (χ1v) is 15.5. The number of hydrogen-bond acceptors (Lipinski definition) is 6. The summed E-state index contributed by atoms with van der Waals surface area (Å²) in [5.41, 5.74) is 5.84. The summed E-state index contributed by atoms with van der Waals surface area (Å²) in [6.07, 6.45) is 7.61. The zero-order valence-electron chi connectivity index (χ0n) is 25.5. The summed E-state index contributed by atoms with van der Waals surface area (Å²) in [5, 5.41) is 3.98. The lowest BCUT2D eigenvalue weighted by atomic mass is 9.99. The number of ether oxygens (including phenoxy) is 1. The molecule has 0 spiro atoms. The fourth-order valence-corrected chi connectivity index (χ4v) is 6.41. The molecule has 9 heteroatoms. The monoisotopic (exact) mass is 582 g/mol. The molecule has 2 saturated heterocycles. The van der Waals surface area contributed by atoms with Crippen molar-refractivity contribution in [3.63, 3.8) is 0 Å². The van der Waals surface area contributed by atoms with E-state index in [1.165, 1.54) is 0 Å².